The molecule has 2 aromatic heterocycles. The normalized spacial score (nSPS) is 16.4. The summed E-state index contributed by atoms with van der Waals surface area (Å²) in [6, 6.07) is 16.3. The zero-order chi connectivity index (χ0) is 22.4. The third-order valence-corrected chi connectivity index (χ3v) is 7.51. The van der Waals surface area contributed by atoms with E-state index in [0.717, 1.165) is 43.4 Å². The van der Waals surface area contributed by atoms with E-state index in [-0.39, 0.29) is 23.8 Å². The van der Waals surface area contributed by atoms with Crippen LogP contribution in [-0.4, -0.2) is 40.8 Å². The van der Waals surface area contributed by atoms with Crippen molar-refractivity contribution in [2.75, 3.05) is 13.1 Å². The summed E-state index contributed by atoms with van der Waals surface area (Å²) < 4.78 is 1.12. The van der Waals surface area contributed by atoms with Crippen molar-refractivity contribution in [2.45, 2.75) is 39.2 Å². The molecule has 6 heteroatoms. The van der Waals surface area contributed by atoms with E-state index < -0.39 is 0 Å². The number of likely N-dealkylation sites (tertiary alicyclic amines) is 1. The molecule has 1 atom stereocenters. The number of nitrogens with zero attached hydrogens (tertiary/aromatic N) is 1. The summed E-state index contributed by atoms with van der Waals surface area (Å²) >= 11 is 1.55. The number of thiophene rings is 1. The largest absolute Gasteiger partial charge is 0.350 e. The lowest BCUT2D eigenvalue weighted by Crippen LogP contribution is -2.31. The maximum atomic E-state index is 13.4. The fourth-order valence-electron chi connectivity index (χ4n) is 4.80. The number of para-hydroxylation sites is 1. The van der Waals surface area contributed by atoms with E-state index in [9.17, 15) is 9.59 Å². The summed E-state index contributed by atoms with van der Waals surface area (Å²) in [5.41, 5.74) is 3.74. The number of hydrogen-bond donors (Lipinski definition) is 2. The Kier molecular flexibility index (Phi) is 5.25. The SMILES string of the molecule is Cc1c(C(=O)N2CC[C@H](c3c(C(=O)NC(C)C)sc4ccccc34)C2)[nH]c2ccccc12. The molecule has 5 nitrogen and oxygen atoms in total. The van der Waals surface area contributed by atoms with Crippen LogP contribution in [0.3, 0.4) is 0 Å². The number of carbonyl (C=O) groups excluding carboxylic acids is 2. The molecular weight excluding hydrogens is 418 g/mol. The van der Waals surface area contributed by atoms with Gasteiger partial charge in [0.05, 0.1) is 4.88 Å². The molecule has 1 aliphatic heterocycles. The fourth-order valence-corrected chi connectivity index (χ4v) is 5.99. The van der Waals surface area contributed by atoms with Gasteiger partial charge in [0, 0.05) is 40.7 Å². The highest BCUT2D eigenvalue weighted by Crippen LogP contribution is 2.40. The molecule has 1 saturated heterocycles. The fraction of sp³-hybridized carbons (Fsp3) is 0.308. The maximum absolute atomic E-state index is 13.4. The van der Waals surface area contributed by atoms with Crippen molar-refractivity contribution < 1.29 is 9.59 Å². The number of nitrogens with one attached hydrogen (secondary N) is 2. The van der Waals surface area contributed by atoms with E-state index in [1.165, 1.54) is 0 Å². The molecule has 0 saturated carbocycles. The Balaban J connectivity index is 1.47. The molecule has 164 valence electrons. The van der Waals surface area contributed by atoms with Gasteiger partial charge >= 0.3 is 0 Å². The number of aromatic amines is 1. The number of hydrogen-bond acceptors (Lipinski definition) is 3. The van der Waals surface area contributed by atoms with Gasteiger partial charge < -0.3 is 15.2 Å². The predicted octanol–water partition coefficient (Wildman–Crippen LogP) is 5.46. The lowest BCUT2D eigenvalue weighted by molar-refractivity contribution is 0.0785. The summed E-state index contributed by atoms with van der Waals surface area (Å²) in [6.45, 7) is 7.26. The van der Waals surface area contributed by atoms with Crippen LogP contribution in [0, 0.1) is 6.92 Å². The number of rotatable bonds is 4. The first-order valence-electron chi connectivity index (χ1n) is 11.1. The highest BCUT2D eigenvalue weighted by Gasteiger charge is 2.34. The highest BCUT2D eigenvalue weighted by molar-refractivity contribution is 7.21. The second kappa shape index (κ2) is 8.10. The molecule has 0 unspecified atom stereocenters. The zero-order valence-corrected chi connectivity index (χ0v) is 19.4. The van der Waals surface area contributed by atoms with E-state index in [0.29, 0.717) is 18.8 Å². The van der Waals surface area contributed by atoms with Crippen molar-refractivity contribution in [1.82, 2.24) is 15.2 Å². The molecule has 0 bridgehead atoms. The molecule has 2 amide bonds. The van der Waals surface area contributed by atoms with Gasteiger partial charge in [0.2, 0.25) is 0 Å². The van der Waals surface area contributed by atoms with E-state index in [4.69, 9.17) is 0 Å². The van der Waals surface area contributed by atoms with Gasteiger partial charge in [-0.2, -0.15) is 0 Å². The second-order valence-electron chi connectivity index (χ2n) is 8.88. The molecule has 2 N–H and O–H groups in total. The quantitative estimate of drug-likeness (QED) is 0.438. The minimum absolute atomic E-state index is 0.0209. The van der Waals surface area contributed by atoms with Crippen molar-refractivity contribution in [3.8, 4) is 0 Å². The van der Waals surface area contributed by atoms with Crippen LogP contribution in [0.2, 0.25) is 0 Å². The highest BCUT2D eigenvalue weighted by atomic mass is 32.1. The van der Waals surface area contributed by atoms with Gasteiger partial charge in [-0.3, -0.25) is 9.59 Å². The average molecular weight is 446 g/mol. The smallest absolute Gasteiger partial charge is 0.270 e. The second-order valence-corrected chi connectivity index (χ2v) is 9.93. The minimum atomic E-state index is -0.0209. The van der Waals surface area contributed by atoms with Crippen LogP contribution in [0.15, 0.2) is 48.5 Å². The zero-order valence-electron chi connectivity index (χ0n) is 18.6. The van der Waals surface area contributed by atoms with Crippen LogP contribution in [-0.2, 0) is 0 Å². The molecule has 4 aromatic rings. The number of benzene rings is 2. The van der Waals surface area contributed by atoms with Crippen molar-refractivity contribution in [2.24, 2.45) is 0 Å². The minimum Gasteiger partial charge on any atom is -0.350 e. The van der Waals surface area contributed by atoms with E-state index in [2.05, 4.69) is 22.4 Å². The van der Waals surface area contributed by atoms with Gasteiger partial charge in [-0.15, -0.1) is 11.3 Å². The Hall–Kier alpha value is -3.12. The van der Waals surface area contributed by atoms with E-state index in [1.54, 1.807) is 11.3 Å². The maximum Gasteiger partial charge on any atom is 0.270 e. The van der Waals surface area contributed by atoms with E-state index in [1.807, 2.05) is 62.1 Å². The van der Waals surface area contributed by atoms with Crippen LogP contribution in [0.4, 0.5) is 0 Å². The molecule has 0 radical (unpaired) electrons. The summed E-state index contributed by atoms with van der Waals surface area (Å²) in [5.74, 6) is 0.161. The van der Waals surface area contributed by atoms with E-state index >= 15 is 0 Å². The summed E-state index contributed by atoms with van der Waals surface area (Å²) in [4.78, 5) is 32.4. The van der Waals surface area contributed by atoms with Gasteiger partial charge in [0.15, 0.2) is 0 Å². The van der Waals surface area contributed by atoms with Gasteiger partial charge in [-0.25, -0.2) is 0 Å². The Bertz CT molecular complexity index is 1330. The Morgan fingerprint density at radius 3 is 2.56 bits per heavy atom. The molecule has 32 heavy (non-hydrogen) atoms. The molecule has 0 spiro atoms. The topological polar surface area (TPSA) is 65.2 Å². The van der Waals surface area contributed by atoms with Crippen LogP contribution < -0.4 is 5.32 Å². The first-order valence-corrected chi connectivity index (χ1v) is 11.9. The van der Waals surface area contributed by atoms with Crippen molar-refractivity contribution >= 4 is 44.1 Å². The first-order chi connectivity index (χ1) is 15.4. The Morgan fingerprint density at radius 1 is 1.09 bits per heavy atom. The van der Waals surface area contributed by atoms with Gasteiger partial charge in [0.25, 0.3) is 11.8 Å². The van der Waals surface area contributed by atoms with Crippen LogP contribution >= 0.6 is 11.3 Å². The number of aryl methyl sites for hydroxylation is 1. The van der Waals surface area contributed by atoms with Crippen LogP contribution in [0.25, 0.3) is 21.0 Å². The summed E-state index contributed by atoms with van der Waals surface area (Å²) in [5, 5.41) is 5.27. The average Bonchev–Trinajstić information content (AvgIpc) is 3.48. The monoisotopic (exact) mass is 445 g/mol. The number of carbonyl (C=O) groups is 2. The van der Waals surface area contributed by atoms with Gasteiger partial charge in [-0.05, 0) is 55.8 Å². The van der Waals surface area contributed by atoms with Crippen molar-refractivity contribution in [3.63, 3.8) is 0 Å². The molecule has 2 aromatic carbocycles. The molecule has 3 heterocycles. The molecule has 1 aliphatic rings. The molecule has 1 fully saturated rings. The number of amides is 2. The van der Waals surface area contributed by atoms with Gasteiger partial charge in [0.1, 0.15) is 5.69 Å². The third kappa shape index (κ3) is 3.48. The molecule has 0 aliphatic carbocycles. The van der Waals surface area contributed by atoms with Crippen molar-refractivity contribution in [1.29, 1.82) is 0 Å². The lowest BCUT2D eigenvalue weighted by atomic mass is 9.95. The molecular formula is C26H27N3O2S. The predicted molar refractivity (Wildman–Crippen MR) is 131 cm³/mol. The number of fused-ring (bicyclic) bond motifs is 2. The standard InChI is InChI=1S/C26H27N3O2S/c1-15(2)27-25(30)24-22(19-9-5-7-11-21(19)32-24)17-12-13-29(14-17)26(31)23-16(3)18-8-4-6-10-20(18)28-23/h4-11,15,17,28H,12-14H2,1-3H3,(H,27,30)/t17-/m0/s1. The number of H-pyrrole nitrogens is 1. The van der Waals surface area contributed by atoms with Crippen LogP contribution in [0.5, 0.6) is 0 Å². The lowest BCUT2D eigenvalue weighted by Gasteiger charge is -2.17. The van der Waals surface area contributed by atoms with Gasteiger partial charge in [-0.1, -0.05) is 36.4 Å². The first kappa shape index (κ1) is 20.8. The van der Waals surface area contributed by atoms with Crippen molar-refractivity contribution in [3.05, 3.63) is 70.2 Å². The third-order valence-electron chi connectivity index (χ3n) is 6.32. The summed E-state index contributed by atoms with van der Waals surface area (Å²) in [6.07, 6.45) is 0.855. The molecule has 5 rings (SSSR count). The number of aromatic nitrogens is 1. The van der Waals surface area contributed by atoms with Crippen LogP contribution in [0.1, 0.15) is 57.5 Å². The summed E-state index contributed by atoms with van der Waals surface area (Å²) in [7, 11) is 0. The Labute approximate surface area is 191 Å². The Morgan fingerprint density at radius 2 is 1.81 bits per heavy atom.